The summed E-state index contributed by atoms with van der Waals surface area (Å²) in [5, 5.41) is 0. The second-order valence-corrected chi connectivity index (χ2v) is 3.67. The van der Waals surface area contributed by atoms with Crippen LogP contribution in [0.4, 0.5) is 0 Å². The average Bonchev–Trinajstić information content (AvgIpc) is 2.58. The van der Waals surface area contributed by atoms with Crippen LogP contribution in [0.5, 0.6) is 0 Å². The van der Waals surface area contributed by atoms with Gasteiger partial charge in [-0.2, -0.15) is 0 Å². The molecule has 0 unspecified atom stereocenters. The lowest BCUT2D eigenvalue weighted by Gasteiger charge is -2.06. The van der Waals surface area contributed by atoms with Gasteiger partial charge in [-0.15, -0.1) is 0 Å². The highest BCUT2D eigenvalue weighted by Gasteiger charge is 2.03. The van der Waals surface area contributed by atoms with E-state index in [9.17, 15) is 0 Å². The summed E-state index contributed by atoms with van der Waals surface area (Å²) in [5.74, 6) is 1.00. The fourth-order valence-corrected chi connectivity index (χ4v) is 1.71. The number of hydrogen-bond acceptors (Lipinski definition) is 2. The number of nitrogens with zero attached hydrogens (tertiary/aromatic N) is 2. The first-order valence-electron chi connectivity index (χ1n) is 5.02. The molecule has 0 aliphatic rings. The Labute approximate surface area is 89.6 Å². The van der Waals surface area contributed by atoms with Crippen LogP contribution >= 0.6 is 0 Å². The topological polar surface area (TPSA) is 43.8 Å². The van der Waals surface area contributed by atoms with Gasteiger partial charge < -0.3 is 10.3 Å². The molecule has 1 aromatic heterocycles. The van der Waals surface area contributed by atoms with Crippen molar-refractivity contribution in [2.75, 3.05) is 0 Å². The third kappa shape index (κ3) is 1.92. The molecule has 1 aromatic carbocycles. The number of aryl methyl sites for hydroxylation is 2. The highest BCUT2D eigenvalue weighted by Crippen LogP contribution is 2.13. The van der Waals surface area contributed by atoms with Crippen LogP contribution in [0.3, 0.4) is 0 Å². The molecule has 0 fully saturated rings. The quantitative estimate of drug-likeness (QED) is 0.807. The molecule has 1 heterocycles. The van der Waals surface area contributed by atoms with E-state index in [1.165, 1.54) is 0 Å². The SMILES string of the molecule is Cc1cn(-c2cccc(CN)c2)c(C)n1. The maximum absolute atomic E-state index is 5.62. The maximum Gasteiger partial charge on any atom is 0.110 e. The molecular weight excluding hydrogens is 186 g/mol. The molecule has 2 aromatic rings. The first-order valence-corrected chi connectivity index (χ1v) is 5.02. The van der Waals surface area contributed by atoms with Crippen molar-refractivity contribution in [3.63, 3.8) is 0 Å². The van der Waals surface area contributed by atoms with Crippen LogP contribution in [0, 0.1) is 13.8 Å². The Morgan fingerprint density at radius 3 is 2.73 bits per heavy atom. The van der Waals surface area contributed by atoms with Gasteiger partial charge in [-0.05, 0) is 31.5 Å². The zero-order chi connectivity index (χ0) is 10.8. The Morgan fingerprint density at radius 2 is 2.13 bits per heavy atom. The van der Waals surface area contributed by atoms with Crippen molar-refractivity contribution in [3.8, 4) is 5.69 Å². The molecule has 0 aliphatic carbocycles. The van der Waals surface area contributed by atoms with Gasteiger partial charge in [0.05, 0.1) is 5.69 Å². The van der Waals surface area contributed by atoms with Crippen LogP contribution < -0.4 is 5.73 Å². The van der Waals surface area contributed by atoms with Crippen LogP contribution in [0.15, 0.2) is 30.5 Å². The van der Waals surface area contributed by atoms with Crippen molar-refractivity contribution in [3.05, 3.63) is 47.5 Å². The van der Waals surface area contributed by atoms with Crippen LogP contribution in [0.25, 0.3) is 5.69 Å². The lowest BCUT2D eigenvalue weighted by atomic mass is 10.2. The monoisotopic (exact) mass is 201 g/mol. The summed E-state index contributed by atoms with van der Waals surface area (Å²) in [7, 11) is 0. The fraction of sp³-hybridized carbons (Fsp3) is 0.250. The molecule has 0 amide bonds. The summed E-state index contributed by atoms with van der Waals surface area (Å²) in [4.78, 5) is 4.37. The van der Waals surface area contributed by atoms with Crippen LogP contribution in [0.2, 0.25) is 0 Å². The van der Waals surface area contributed by atoms with Gasteiger partial charge in [0.1, 0.15) is 5.82 Å². The summed E-state index contributed by atoms with van der Waals surface area (Å²) < 4.78 is 2.08. The van der Waals surface area contributed by atoms with Gasteiger partial charge >= 0.3 is 0 Å². The third-order valence-electron chi connectivity index (χ3n) is 2.43. The molecule has 2 N–H and O–H groups in total. The summed E-state index contributed by atoms with van der Waals surface area (Å²) in [6, 6.07) is 8.20. The molecule has 3 heteroatoms. The van der Waals surface area contributed by atoms with E-state index in [1.54, 1.807) is 0 Å². The third-order valence-corrected chi connectivity index (χ3v) is 2.43. The minimum atomic E-state index is 0.570. The Balaban J connectivity index is 2.49. The number of hydrogen-bond donors (Lipinski definition) is 1. The molecule has 78 valence electrons. The van der Waals surface area contributed by atoms with Gasteiger partial charge in [0, 0.05) is 18.4 Å². The van der Waals surface area contributed by atoms with E-state index in [0.717, 1.165) is 22.8 Å². The zero-order valence-electron chi connectivity index (χ0n) is 9.07. The second-order valence-electron chi connectivity index (χ2n) is 3.67. The lowest BCUT2D eigenvalue weighted by molar-refractivity contribution is 0.964. The fourth-order valence-electron chi connectivity index (χ4n) is 1.71. The smallest absolute Gasteiger partial charge is 0.110 e. The summed E-state index contributed by atoms with van der Waals surface area (Å²) in [6.45, 7) is 4.57. The predicted octanol–water partition coefficient (Wildman–Crippen LogP) is 1.95. The van der Waals surface area contributed by atoms with Crippen LogP contribution in [0.1, 0.15) is 17.1 Å². The van der Waals surface area contributed by atoms with Gasteiger partial charge in [-0.1, -0.05) is 12.1 Å². The van der Waals surface area contributed by atoms with E-state index in [2.05, 4.69) is 21.7 Å². The molecule has 0 atom stereocenters. The largest absolute Gasteiger partial charge is 0.326 e. The first kappa shape index (κ1) is 9.93. The van der Waals surface area contributed by atoms with Gasteiger partial charge in [0.2, 0.25) is 0 Å². The summed E-state index contributed by atoms with van der Waals surface area (Å²) in [5.41, 5.74) is 8.91. The van der Waals surface area contributed by atoms with Gasteiger partial charge in [0.15, 0.2) is 0 Å². The standard InChI is InChI=1S/C12H15N3/c1-9-8-15(10(2)14-9)12-5-3-4-11(6-12)7-13/h3-6,8H,7,13H2,1-2H3. The highest BCUT2D eigenvalue weighted by molar-refractivity contribution is 5.37. The van der Waals surface area contributed by atoms with E-state index in [4.69, 9.17) is 5.73 Å². The molecule has 0 aliphatic heterocycles. The number of aromatic nitrogens is 2. The highest BCUT2D eigenvalue weighted by atomic mass is 15.1. The average molecular weight is 201 g/mol. The molecule has 15 heavy (non-hydrogen) atoms. The minimum absolute atomic E-state index is 0.570. The van der Waals surface area contributed by atoms with E-state index in [-0.39, 0.29) is 0 Å². The van der Waals surface area contributed by atoms with Crippen LogP contribution in [-0.4, -0.2) is 9.55 Å². The molecular formula is C12H15N3. The van der Waals surface area contributed by atoms with E-state index in [0.29, 0.717) is 6.54 Å². The van der Waals surface area contributed by atoms with Crippen LogP contribution in [-0.2, 0) is 6.54 Å². The Bertz CT molecular complexity index is 471. The molecule has 0 bridgehead atoms. The molecule has 0 spiro atoms. The van der Waals surface area contributed by atoms with Crippen molar-refractivity contribution in [1.29, 1.82) is 0 Å². The number of imidazole rings is 1. The number of benzene rings is 1. The summed E-state index contributed by atoms with van der Waals surface area (Å²) >= 11 is 0. The van der Waals surface area contributed by atoms with Crippen molar-refractivity contribution < 1.29 is 0 Å². The van der Waals surface area contributed by atoms with Gasteiger partial charge in [0.25, 0.3) is 0 Å². The molecule has 3 nitrogen and oxygen atoms in total. The van der Waals surface area contributed by atoms with Crippen molar-refractivity contribution in [1.82, 2.24) is 9.55 Å². The summed E-state index contributed by atoms with van der Waals surface area (Å²) in [6.07, 6.45) is 2.03. The van der Waals surface area contributed by atoms with Crippen molar-refractivity contribution >= 4 is 0 Å². The Morgan fingerprint density at radius 1 is 1.33 bits per heavy atom. The Kier molecular flexibility index (Phi) is 2.56. The van der Waals surface area contributed by atoms with E-state index < -0.39 is 0 Å². The minimum Gasteiger partial charge on any atom is -0.326 e. The number of rotatable bonds is 2. The molecule has 0 saturated heterocycles. The van der Waals surface area contributed by atoms with E-state index in [1.807, 2.05) is 32.2 Å². The number of nitrogens with two attached hydrogens (primary N) is 1. The second kappa shape index (κ2) is 3.87. The normalized spacial score (nSPS) is 10.6. The van der Waals surface area contributed by atoms with Gasteiger partial charge in [-0.25, -0.2) is 4.98 Å². The molecule has 2 rings (SSSR count). The molecule has 0 saturated carbocycles. The van der Waals surface area contributed by atoms with Gasteiger partial charge in [-0.3, -0.25) is 0 Å². The van der Waals surface area contributed by atoms with E-state index >= 15 is 0 Å². The lowest BCUT2D eigenvalue weighted by Crippen LogP contribution is -2.00. The zero-order valence-corrected chi connectivity index (χ0v) is 9.07. The Hall–Kier alpha value is -1.61. The van der Waals surface area contributed by atoms with Crippen molar-refractivity contribution in [2.24, 2.45) is 5.73 Å². The molecule has 0 radical (unpaired) electrons. The van der Waals surface area contributed by atoms with Crippen molar-refractivity contribution in [2.45, 2.75) is 20.4 Å². The first-order chi connectivity index (χ1) is 7.20. The maximum atomic E-state index is 5.62. The predicted molar refractivity (Wildman–Crippen MR) is 60.9 cm³/mol.